The van der Waals surface area contributed by atoms with Gasteiger partial charge >= 0.3 is 0 Å². The van der Waals surface area contributed by atoms with Gasteiger partial charge < -0.3 is 4.42 Å². The van der Waals surface area contributed by atoms with Gasteiger partial charge in [0, 0.05) is 12.5 Å². The van der Waals surface area contributed by atoms with Crippen molar-refractivity contribution in [2.75, 3.05) is 0 Å². The Balaban J connectivity index is 2.01. The van der Waals surface area contributed by atoms with Crippen LogP contribution >= 0.6 is 0 Å². The Kier molecular flexibility index (Phi) is 4.74. The summed E-state index contributed by atoms with van der Waals surface area (Å²) in [7, 11) is -2.05. The van der Waals surface area contributed by atoms with Gasteiger partial charge in [-0.2, -0.15) is 5.10 Å². The van der Waals surface area contributed by atoms with Crippen LogP contribution in [0, 0.1) is 5.82 Å². The smallest absolute Gasteiger partial charge is 0.216 e. The van der Waals surface area contributed by atoms with Gasteiger partial charge in [0.15, 0.2) is 15.6 Å². The molecule has 0 N–H and O–H groups in total. The van der Waals surface area contributed by atoms with E-state index in [1.165, 1.54) is 32.2 Å². The molecule has 0 saturated heterocycles. The lowest BCUT2D eigenvalue weighted by Gasteiger charge is -2.21. The van der Waals surface area contributed by atoms with Crippen LogP contribution in [-0.4, -0.2) is 23.2 Å². The first-order valence-corrected chi connectivity index (χ1v) is 10.3. The summed E-state index contributed by atoms with van der Waals surface area (Å²) in [4.78, 5) is 4.23. The lowest BCUT2D eigenvalue weighted by molar-refractivity contribution is 0.437. The van der Waals surface area contributed by atoms with Gasteiger partial charge in [0.2, 0.25) is 5.89 Å². The van der Waals surface area contributed by atoms with Gasteiger partial charge in [-0.3, -0.25) is 4.68 Å². The Labute approximate surface area is 164 Å². The Morgan fingerprint density at radius 3 is 2.21 bits per heavy atom. The Morgan fingerprint density at radius 1 is 1.07 bits per heavy atom. The topological polar surface area (TPSA) is 78.0 Å². The SMILES string of the molecule is Cn1nc(C(C)(C)C)cc1-c1cnc(C(C)(C)S(=O)(=O)c2ccc(F)cc2)o1. The summed E-state index contributed by atoms with van der Waals surface area (Å²) >= 11 is 0. The molecule has 0 bridgehead atoms. The van der Waals surface area contributed by atoms with Crippen LogP contribution in [0.25, 0.3) is 11.5 Å². The van der Waals surface area contributed by atoms with Crippen LogP contribution in [0.2, 0.25) is 0 Å². The summed E-state index contributed by atoms with van der Waals surface area (Å²) < 4.78 is 45.4. The first-order valence-electron chi connectivity index (χ1n) is 8.85. The highest BCUT2D eigenvalue weighted by atomic mass is 32.2. The van der Waals surface area contributed by atoms with E-state index in [9.17, 15) is 12.8 Å². The third kappa shape index (κ3) is 3.37. The van der Waals surface area contributed by atoms with Crippen LogP contribution in [-0.2, 0) is 27.0 Å². The van der Waals surface area contributed by atoms with Crippen molar-refractivity contribution in [3.8, 4) is 11.5 Å². The molecule has 0 fully saturated rings. The van der Waals surface area contributed by atoms with E-state index in [1.54, 1.807) is 11.7 Å². The highest BCUT2D eigenvalue weighted by Gasteiger charge is 2.42. The lowest BCUT2D eigenvalue weighted by Crippen LogP contribution is -2.29. The van der Waals surface area contributed by atoms with E-state index < -0.39 is 20.4 Å². The molecule has 2 aromatic heterocycles. The Morgan fingerprint density at radius 2 is 1.68 bits per heavy atom. The second-order valence-corrected chi connectivity index (χ2v) is 10.8. The minimum Gasteiger partial charge on any atom is -0.437 e. The number of sulfone groups is 1. The molecule has 150 valence electrons. The molecule has 0 aliphatic heterocycles. The predicted octanol–water partition coefficient (Wildman–Crippen LogP) is 4.22. The Hall–Kier alpha value is -2.48. The van der Waals surface area contributed by atoms with E-state index in [0.29, 0.717) is 11.5 Å². The first-order chi connectivity index (χ1) is 12.8. The lowest BCUT2D eigenvalue weighted by atomic mass is 9.92. The van der Waals surface area contributed by atoms with Crippen molar-refractivity contribution in [3.05, 3.63) is 53.9 Å². The molecular weight excluding hydrogens is 381 g/mol. The number of nitrogens with zero attached hydrogens (tertiary/aromatic N) is 3. The van der Waals surface area contributed by atoms with Crippen molar-refractivity contribution in [1.29, 1.82) is 0 Å². The van der Waals surface area contributed by atoms with Crippen LogP contribution in [0.1, 0.15) is 46.2 Å². The molecule has 0 aliphatic carbocycles. The number of aromatic nitrogens is 3. The monoisotopic (exact) mass is 405 g/mol. The van der Waals surface area contributed by atoms with Gasteiger partial charge in [-0.25, -0.2) is 17.8 Å². The summed E-state index contributed by atoms with van der Waals surface area (Å²) in [5.74, 6) is -0.00533. The maximum Gasteiger partial charge on any atom is 0.216 e. The number of halogens is 1. The molecule has 0 radical (unpaired) electrons. The molecule has 1 aromatic carbocycles. The van der Waals surface area contributed by atoms with Crippen molar-refractivity contribution in [1.82, 2.24) is 14.8 Å². The fraction of sp³-hybridized carbons (Fsp3) is 0.400. The highest BCUT2D eigenvalue weighted by molar-refractivity contribution is 7.92. The van der Waals surface area contributed by atoms with Crippen LogP contribution < -0.4 is 0 Å². The summed E-state index contributed by atoms with van der Waals surface area (Å²) in [5, 5.41) is 4.51. The number of oxazole rings is 1. The average molecular weight is 405 g/mol. The number of aryl methyl sites for hydroxylation is 1. The van der Waals surface area contributed by atoms with Crippen molar-refractivity contribution in [2.24, 2.45) is 7.05 Å². The van der Waals surface area contributed by atoms with E-state index in [4.69, 9.17) is 4.42 Å². The van der Waals surface area contributed by atoms with Crippen LogP contribution in [0.3, 0.4) is 0 Å². The number of hydrogen-bond donors (Lipinski definition) is 0. The minimum atomic E-state index is -3.85. The second kappa shape index (κ2) is 6.55. The van der Waals surface area contributed by atoms with Gasteiger partial charge in [-0.1, -0.05) is 20.8 Å². The maximum atomic E-state index is 13.2. The first kappa shape index (κ1) is 20.3. The fourth-order valence-corrected chi connectivity index (χ4v) is 4.17. The molecule has 0 atom stereocenters. The van der Waals surface area contributed by atoms with Gasteiger partial charge in [0.05, 0.1) is 16.8 Å². The highest BCUT2D eigenvalue weighted by Crippen LogP contribution is 2.36. The summed E-state index contributed by atoms with van der Waals surface area (Å²) in [6.07, 6.45) is 1.50. The van der Waals surface area contributed by atoms with Crippen LogP contribution in [0.5, 0.6) is 0 Å². The molecule has 0 aliphatic rings. The molecule has 3 aromatic rings. The molecule has 0 spiro atoms. The minimum absolute atomic E-state index is 0.00852. The quantitative estimate of drug-likeness (QED) is 0.607. The summed E-state index contributed by atoms with van der Waals surface area (Å²) in [6, 6.07) is 6.63. The molecule has 0 saturated carbocycles. The fourth-order valence-electron chi connectivity index (χ4n) is 2.76. The third-order valence-electron chi connectivity index (χ3n) is 4.72. The molecule has 2 heterocycles. The van der Waals surface area contributed by atoms with Crippen molar-refractivity contribution >= 4 is 9.84 Å². The van der Waals surface area contributed by atoms with Crippen LogP contribution in [0.4, 0.5) is 4.39 Å². The largest absolute Gasteiger partial charge is 0.437 e. The summed E-state index contributed by atoms with van der Waals surface area (Å²) in [6.45, 7) is 9.21. The van der Waals surface area contributed by atoms with E-state index in [0.717, 1.165) is 17.8 Å². The maximum absolute atomic E-state index is 13.2. The van der Waals surface area contributed by atoms with Crippen molar-refractivity contribution in [2.45, 2.75) is 49.7 Å². The number of rotatable bonds is 4. The molecule has 8 heteroatoms. The number of hydrogen-bond acceptors (Lipinski definition) is 5. The molecule has 0 amide bonds. The van der Waals surface area contributed by atoms with Gasteiger partial charge in [0.1, 0.15) is 16.3 Å². The predicted molar refractivity (Wildman–Crippen MR) is 104 cm³/mol. The van der Waals surface area contributed by atoms with Gasteiger partial charge in [-0.05, 0) is 44.2 Å². The average Bonchev–Trinajstić information content (AvgIpc) is 3.21. The standard InChI is InChI=1S/C20H24FN3O3S/c1-19(2,3)17-11-15(24(6)23-17)16-12-22-18(27-16)20(4,5)28(25,26)14-9-7-13(21)8-10-14/h7-12H,1-6H3. The zero-order chi connectivity index (χ0) is 20.9. The van der Waals surface area contributed by atoms with E-state index >= 15 is 0 Å². The molecule has 6 nitrogen and oxygen atoms in total. The number of benzene rings is 1. The molecular formula is C20H24FN3O3S. The zero-order valence-electron chi connectivity index (χ0n) is 16.8. The molecule has 28 heavy (non-hydrogen) atoms. The summed E-state index contributed by atoms with van der Waals surface area (Å²) in [5.41, 5.74) is 1.46. The Bertz CT molecular complexity index is 1100. The second-order valence-electron chi connectivity index (χ2n) is 8.29. The van der Waals surface area contributed by atoms with Gasteiger partial charge in [-0.15, -0.1) is 0 Å². The van der Waals surface area contributed by atoms with E-state index in [1.807, 2.05) is 6.07 Å². The van der Waals surface area contributed by atoms with E-state index in [-0.39, 0.29) is 16.2 Å². The molecule has 0 unspecified atom stereocenters. The van der Waals surface area contributed by atoms with Crippen molar-refractivity contribution < 1.29 is 17.2 Å². The van der Waals surface area contributed by atoms with Gasteiger partial charge in [0.25, 0.3) is 0 Å². The van der Waals surface area contributed by atoms with Crippen molar-refractivity contribution in [3.63, 3.8) is 0 Å². The van der Waals surface area contributed by atoms with Crippen LogP contribution in [0.15, 0.2) is 45.8 Å². The third-order valence-corrected chi connectivity index (χ3v) is 7.13. The zero-order valence-corrected chi connectivity index (χ0v) is 17.6. The normalized spacial score (nSPS) is 13.1. The molecule has 3 rings (SSSR count). The van der Waals surface area contributed by atoms with E-state index in [2.05, 4.69) is 30.9 Å².